The highest BCUT2D eigenvalue weighted by molar-refractivity contribution is 5.47. The van der Waals surface area contributed by atoms with E-state index in [0.29, 0.717) is 12.0 Å². The van der Waals surface area contributed by atoms with Crippen molar-refractivity contribution in [1.29, 1.82) is 0 Å². The van der Waals surface area contributed by atoms with Gasteiger partial charge in [-0.15, -0.1) is 0 Å². The van der Waals surface area contributed by atoms with Gasteiger partial charge in [-0.1, -0.05) is 44.2 Å². The Labute approximate surface area is 123 Å². The van der Waals surface area contributed by atoms with Crippen molar-refractivity contribution in [2.75, 3.05) is 5.32 Å². The number of anilines is 1. The molecule has 0 aromatic heterocycles. The molecule has 0 saturated heterocycles. The first-order chi connectivity index (χ1) is 9.47. The van der Waals surface area contributed by atoms with Gasteiger partial charge in [0.05, 0.1) is 0 Å². The molecule has 2 aromatic carbocycles. The van der Waals surface area contributed by atoms with E-state index < -0.39 is 0 Å². The minimum Gasteiger partial charge on any atom is -0.379 e. The van der Waals surface area contributed by atoms with Crippen LogP contribution in [0.5, 0.6) is 0 Å². The third kappa shape index (κ3) is 3.41. The fourth-order valence-electron chi connectivity index (χ4n) is 2.33. The quantitative estimate of drug-likeness (QED) is 0.760. The molecule has 0 amide bonds. The van der Waals surface area contributed by atoms with Crippen LogP contribution in [0.1, 0.15) is 55.0 Å². The molecule has 2 aromatic rings. The number of aryl methyl sites for hydroxylation is 2. The minimum atomic E-state index is 0.319. The molecule has 2 rings (SSSR count). The fourth-order valence-corrected chi connectivity index (χ4v) is 2.33. The summed E-state index contributed by atoms with van der Waals surface area (Å²) in [4.78, 5) is 0. The van der Waals surface area contributed by atoms with E-state index in [4.69, 9.17) is 0 Å². The maximum atomic E-state index is 3.57. The summed E-state index contributed by atoms with van der Waals surface area (Å²) in [5.41, 5.74) is 6.60. The molecule has 0 heterocycles. The SMILES string of the molecule is Cc1ccc(C(C)Nc2ccc(C(C)C)cc2)cc1C. The van der Waals surface area contributed by atoms with Crippen molar-refractivity contribution in [2.45, 2.75) is 46.6 Å². The number of hydrogen-bond acceptors (Lipinski definition) is 1. The highest BCUT2D eigenvalue weighted by Gasteiger charge is 2.07. The highest BCUT2D eigenvalue weighted by atomic mass is 14.9. The van der Waals surface area contributed by atoms with Crippen molar-refractivity contribution < 1.29 is 0 Å². The first-order valence-electron chi connectivity index (χ1n) is 7.41. The number of benzene rings is 2. The third-order valence-electron chi connectivity index (χ3n) is 3.99. The van der Waals surface area contributed by atoms with Gasteiger partial charge in [0.15, 0.2) is 0 Å². The lowest BCUT2D eigenvalue weighted by Gasteiger charge is -2.17. The predicted molar refractivity (Wildman–Crippen MR) is 88.5 cm³/mol. The molecule has 1 atom stereocenters. The lowest BCUT2D eigenvalue weighted by molar-refractivity contribution is 0.862. The van der Waals surface area contributed by atoms with Crippen LogP contribution in [0.2, 0.25) is 0 Å². The van der Waals surface area contributed by atoms with Crippen molar-refractivity contribution in [3.8, 4) is 0 Å². The van der Waals surface area contributed by atoms with Crippen LogP contribution in [-0.4, -0.2) is 0 Å². The van der Waals surface area contributed by atoms with Crippen LogP contribution in [-0.2, 0) is 0 Å². The molecule has 106 valence electrons. The molecule has 0 bridgehead atoms. The zero-order valence-corrected chi connectivity index (χ0v) is 13.2. The molecule has 0 aliphatic rings. The Balaban J connectivity index is 2.10. The Morgan fingerprint density at radius 3 is 1.90 bits per heavy atom. The van der Waals surface area contributed by atoms with Crippen LogP contribution in [0.25, 0.3) is 0 Å². The lowest BCUT2D eigenvalue weighted by atomic mass is 10.0. The zero-order chi connectivity index (χ0) is 14.7. The average molecular weight is 267 g/mol. The predicted octanol–water partition coefficient (Wildman–Crippen LogP) is 5.60. The summed E-state index contributed by atoms with van der Waals surface area (Å²) in [6.45, 7) is 11.0. The molecule has 0 aliphatic carbocycles. The normalized spacial score (nSPS) is 12.5. The monoisotopic (exact) mass is 267 g/mol. The maximum Gasteiger partial charge on any atom is 0.0485 e. The van der Waals surface area contributed by atoms with Gasteiger partial charge in [-0.2, -0.15) is 0 Å². The van der Waals surface area contributed by atoms with Gasteiger partial charge in [-0.05, 0) is 61.1 Å². The van der Waals surface area contributed by atoms with E-state index in [9.17, 15) is 0 Å². The second kappa shape index (κ2) is 6.13. The topological polar surface area (TPSA) is 12.0 Å². The number of rotatable bonds is 4. The van der Waals surface area contributed by atoms with Crippen LogP contribution in [0, 0.1) is 13.8 Å². The van der Waals surface area contributed by atoms with E-state index in [1.54, 1.807) is 0 Å². The lowest BCUT2D eigenvalue weighted by Crippen LogP contribution is -2.07. The van der Waals surface area contributed by atoms with Crippen molar-refractivity contribution >= 4 is 5.69 Å². The van der Waals surface area contributed by atoms with Gasteiger partial charge in [0.25, 0.3) is 0 Å². The summed E-state index contributed by atoms with van der Waals surface area (Å²) in [5.74, 6) is 0.584. The summed E-state index contributed by atoms with van der Waals surface area (Å²) in [7, 11) is 0. The summed E-state index contributed by atoms with van der Waals surface area (Å²) < 4.78 is 0. The van der Waals surface area contributed by atoms with Crippen molar-refractivity contribution in [3.63, 3.8) is 0 Å². The summed E-state index contributed by atoms with van der Waals surface area (Å²) >= 11 is 0. The molecule has 1 unspecified atom stereocenters. The molecule has 1 N–H and O–H groups in total. The average Bonchev–Trinajstić information content (AvgIpc) is 2.42. The molecular formula is C19H25N. The smallest absolute Gasteiger partial charge is 0.0485 e. The molecule has 0 fully saturated rings. The first kappa shape index (κ1) is 14.6. The third-order valence-corrected chi connectivity index (χ3v) is 3.99. The molecule has 1 heteroatoms. The van der Waals surface area contributed by atoms with Gasteiger partial charge in [-0.3, -0.25) is 0 Å². The largest absolute Gasteiger partial charge is 0.379 e. The second-order valence-electron chi connectivity index (χ2n) is 5.99. The summed E-state index contributed by atoms with van der Waals surface area (Å²) in [6, 6.07) is 15.8. The van der Waals surface area contributed by atoms with E-state index in [2.05, 4.69) is 82.4 Å². The van der Waals surface area contributed by atoms with Crippen LogP contribution in [0.15, 0.2) is 42.5 Å². The van der Waals surface area contributed by atoms with Gasteiger partial charge in [0.2, 0.25) is 0 Å². The van der Waals surface area contributed by atoms with Crippen molar-refractivity contribution in [1.82, 2.24) is 0 Å². The van der Waals surface area contributed by atoms with Gasteiger partial charge in [0, 0.05) is 11.7 Å². The fraction of sp³-hybridized carbons (Fsp3) is 0.368. The van der Waals surface area contributed by atoms with E-state index in [1.165, 1.54) is 27.9 Å². The summed E-state index contributed by atoms with van der Waals surface area (Å²) in [5, 5.41) is 3.57. The molecule has 0 spiro atoms. The van der Waals surface area contributed by atoms with Gasteiger partial charge >= 0.3 is 0 Å². The molecule has 1 nitrogen and oxygen atoms in total. The van der Waals surface area contributed by atoms with Gasteiger partial charge in [-0.25, -0.2) is 0 Å². The summed E-state index contributed by atoms with van der Waals surface area (Å²) in [6.07, 6.45) is 0. The van der Waals surface area contributed by atoms with E-state index in [1.807, 2.05) is 0 Å². The minimum absolute atomic E-state index is 0.319. The number of hydrogen-bond donors (Lipinski definition) is 1. The Hall–Kier alpha value is -1.76. The Bertz CT molecular complexity index is 567. The molecular weight excluding hydrogens is 242 g/mol. The Morgan fingerprint density at radius 1 is 0.750 bits per heavy atom. The van der Waals surface area contributed by atoms with Crippen LogP contribution >= 0.6 is 0 Å². The number of nitrogens with one attached hydrogen (secondary N) is 1. The zero-order valence-electron chi connectivity index (χ0n) is 13.2. The van der Waals surface area contributed by atoms with E-state index in [-0.39, 0.29) is 0 Å². The molecule has 0 saturated carbocycles. The van der Waals surface area contributed by atoms with Crippen LogP contribution in [0.4, 0.5) is 5.69 Å². The van der Waals surface area contributed by atoms with E-state index in [0.717, 1.165) is 0 Å². The Morgan fingerprint density at radius 2 is 1.35 bits per heavy atom. The molecule has 0 aliphatic heterocycles. The Kier molecular flexibility index (Phi) is 4.49. The van der Waals surface area contributed by atoms with Crippen LogP contribution in [0.3, 0.4) is 0 Å². The first-order valence-corrected chi connectivity index (χ1v) is 7.41. The maximum absolute atomic E-state index is 3.57. The van der Waals surface area contributed by atoms with Gasteiger partial charge < -0.3 is 5.32 Å². The van der Waals surface area contributed by atoms with E-state index >= 15 is 0 Å². The standard InChI is InChI=1S/C19H25N/c1-13(2)17-8-10-19(11-9-17)20-16(5)18-7-6-14(3)15(4)12-18/h6-13,16,20H,1-5H3. The van der Waals surface area contributed by atoms with Crippen molar-refractivity contribution in [3.05, 3.63) is 64.7 Å². The van der Waals surface area contributed by atoms with Crippen molar-refractivity contribution in [2.24, 2.45) is 0 Å². The highest BCUT2D eigenvalue weighted by Crippen LogP contribution is 2.23. The van der Waals surface area contributed by atoms with Gasteiger partial charge in [0.1, 0.15) is 0 Å². The molecule has 20 heavy (non-hydrogen) atoms. The van der Waals surface area contributed by atoms with Crippen LogP contribution < -0.4 is 5.32 Å². The molecule has 0 radical (unpaired) electrons. The second-order valence-corrected chi connectivity index (χ2v) is 5.99.